The molecule has 156 valence electrons. The van der Waals surface area contributed by atoms with Gasteiger partial charge in [0.15, 0.2) is 5.96 Å². The van der Waals surface area contributed by atoms with Gasteiger partial charge in [-0.1, -0.05) is 38.1 Å². The van der Waals surface area contributed by atoms with Crippen LogP contribution >= 0.6 is 0 Å². The molecular weight excluding hydrogens is 352 g/mol. The lowest BCUT2D eigenvalue weighted by Gasteiger charge is -2.37. The minimum atomic E-state index is 0.147. The second-order valence-corrected chi connectivity index (χ2v) is 7.59. The molecule has 0 aromatic heterocycles. The molecule has 2 aliphatic heterocycles. The Morgan fingerprint density at radius 1 is 1.11 bits per heavy atom. The van der Waals surface area contributed by atoms with Gasteiger partial charge in [-0.3, -0.25) is 9.89 Å². The highest BCUT2D eigenvalue weighted by atomic mass is 16.5. The molecule has 2 fully saturated rings. The molecule has 2 saturated heterocycles. The maximum atomic E-state index is 5.96. The Morgan fingerprint density at radius 2 is 1.82 bits per heavy atom. The first kappa shape index (κ1) is 21.1. The fraction of sp³-hybridized carbons (Fsp3) is 0.682. The van der Waals surface area contributed by atoms with Gasteiger partial charge in [0.1, 0.15) is 6.10 Å². The van der Waals surface area contributed by atoms with Crippen LogP contribution in [0.4, 0.5) is 0 Å². The summed E-state index contributed by atoms with van der Waals surface area (Å²) < 4.78 is 11.8. The number of aliphatic imine (C=N–C) groups is 1. The lowest BCUT2D eigenvalue weighted by Crippen LogP contribution is -2.53. The molecule has 6 nitrogen and oxygen atoms in total. The van der Waals surface area contributed by atoms with Gasteiger partial charge in [0.25, 0.3) is 0 Å². The molecule has 0 saturated carbocycles. The molecule has 1 N–H and O–H groups in total. The van der Waals surface area contributed by atoms with Gasteiger partial charge in [0.2, 0.25) is 0 Å². The zero-order valence-corrected chi connectivity index (χ0v) is 17.7. The van der Waals surface area contributed by atoms with Crippen LogP contribution < -0.4 is 5.32 Å². The molecule has 0 radical (unpaired) electrons. The van der Waals surface area contributed by atoms with Crippen LogP contribution in [0.15, 0.2) is 29.3 Å². The number of hydrogen-bond donors (Lipinski definition) is 1. The number of hydrogen-bond acceptors (Lipinski definition) is 4. The van der Waals surface area contributed by atoms with Gasteiger partial charge >= 0.3 is 0 Å². The highest BCUT2D eigenvalue weighted by molar-refractivity contribution is 5.80. The summed E-state index contributed by atoms with van der Waals surface area (Å²) in [6, 6.07) is 8.90. The number of ether oxygens (including phenoxy) is 2. The van der Waals surface area contributed by atoms with Crippen molar-refractivity contribution in [1.82, 2.24) is 15.1 Å². The summed E-state index contributed by atoms with van der Waals surface area (Å²) in [6.45, 7) is 11.7. The molecule has 0 amide bonds. The van der Waals surface area contributed by atoms with E-state index in [4.69, 9.17) is 9.47 Å². The van der Waals surface area contributed by atoms with E-state index in [0.29, 0.717) is 0 Å². The normalized spacial score (nSPS) is 23.4. The van der Waals surface area contributed by atoms with E-state index in [1.807, 2.05) is 7.05 Å². The van der Waals surface area contributed by atoms with Crippen LogP contribution in [0, 0.1) is 0 Å². The third kappa shape index (κ3) is 5.69. The summed E-state index contributed by atoms with van der Waals surface area (Å²) in [5.41, 5.74) is 2.64. The van der Waals surface area contributed by atoms with Crippen LogP contribution in [-0.2, 0) is 22.6 Å². The number of nitrogens with one attached hydrogen (secondary N) is 1. The SMILES string of the molecule is CCN(CC)Cc1ccc(CNC(=NC)N2CCOC(C3CCCO3)C2)cc1. The molecule has 3 rings (SSSR count). The van der Waals surface area contributed by atoms with Crippen LogP contribution in [-0.4, -0.2) is 74.4 Å². The van der Waals surface area contributed by atoms with Crippen molar-refractivity contribution < 1.29 is 9.47 Å². The molecular formula is C22H36N4O2. The molecule has 0 aliphatic carbocycles. The Balaban J connectivity index is 1.50. The standard InChI is InChI=1S/C22H36N4O2/c1-4-25(5-2)16-19-10-8-18(9-11-19)15-24-22(23-3)26-12-14-28-21(17-26)20-7-6-13-27-20/h8-11,20-21H,4-7,12-17H2,1-3H3,(H,23,24). The first-order valence-electron chi connectivity index (χ1n) is 10.7. The van der Waals surface area contributed by atoms with Crippen molar-refractivity contribution in [2.45, 2.75) is 52.0 Å². The molecule has 2 unspecified atom stereocenters. The fourth-order valence-electron chi connectivity index (χ4n) is 3.97. The van der Waals surface area contributed by atoms with Crippen LogP contribution in [0.3, 0.4) is 0 Å². The van der Waals surface area contributed by atoms with E-state index >= 15 is 0 Å². The molecule has 28 heavy (non-hydrogen) atoms. The summed E-state index contributed by atoms with van der Waals surface area (Å²) in [4.78, 5) is 9.22. The smallest absolute Gasteiger partial charge is 0.194 e. The van der Waals surface area contributed by atoms with Gasteiger partial charge in [-0.05, 0) is 37.1 Å². The van der Waals surface area contributed by atoms with E-state index in [1.54, 1.807) is 0 Å². The highest BCUT2D eigenvalue weighted by Crippen LogP contribution is 2.21. The lowest BCUT2D eigenvalue weighted by molar-refractivity contribution is -0.0817. The summed E-state index contributed by atoms with van der Waals surface area (Å²) in [5.74, 6) is 0.943. The average molecular weight is 389 g/mol. The Kier molecular flexibility index (Phi) is 8.13. The van der Waals surface area contributed by atoms with Crippen molar-refractivity contribution in [3.05, 3.63) is 35.4 Å². The third-order valence-electron chi connectivity index (χ3n) is 5.76. The molecule has 2 atom stereocenters. The van der Waals surface area contributed by atoms with Gasteiger partial charge in [0, 0.05) is 39.8 Å². The van der Waals surface area contributed by atoms with Gasteiger partial charge in [-0.25, -0.2) is 0 Å². The van der Waals surface area contributed by atoms with Gasteiger partial charge < -0.3 is 19.7 Å². The van der Waals surface area contributed by atoms with Crippen molar-refractivity contribution in [3.8, 4) is 0 Å². The van der Waals surface area contributed by atoms with Crippen molar-refractivity contribution in [1.29, 1.82) is 0 Å². The fourth-order valence-corrected chi connectivity index (χ4v) is 3.97. The second kappa shape index (κ2) is 10.8. The number of benzene rings is 1. The minimum Gasteiger partial charge on any atom is -0.375 e. The largest absolute Gasteiger partial charge is 0.375 e. The van der Waals surface area contributed by atoms with Crippen molar-refractivity contribution in [3.63, 3.8) is 0 Å². The van der Waals surface area contributed by atoms with E-state index in [1.165, 1.54) is 11.1 Å². The summed E-state index contributed by atoms with van der Waals surface area (Å²) in [5, 5.41) is 3.52. The van der Waals surface area contributed by atoms with Crippen molar-refractivity contribution in [2.24, 2.45) is 4.99 Å². The maximum absolute atomic E-state index is 5.96. The van der Waals surface area contributed by atoms with Gasteiger partial charge in [0.05, 0.1) is 12.7 Å². The first-order valence-corrected chi connectivity index (χ1v) is 10.7. The zero-order chi connectivity index (χ0) is 19.8. The number of nitrogens with zero attached hydrogens (tertiary/aromatic N) is 3. The van der Waals surface area contributed by atoms with E-state index in [0.717, 1.165) is 71.3 Å². The molecule has 2 heterocycles. The van der Waals surface area contributed by atoms with E-state index in [9.17, 15) is 0 Å². The van der Waals surface area contributed by atoms with Crippen molar-refractivity contribution >= 4 is 5.96 Å². The zero-order valence-electron chi connectivity index (χ0n) is 17.7. The van der Waals surface area contributed by atoms with Crippen LogP contribution in [0.1, 0.15) is 37.8 Å². The summed E-state index contributed by atoms with van der Waals surface area (Å²) in [6.07, 6.45) is 2.63. The molecule has 2 aliphatic rings. The summed E-state index contributed by atoms with van der Waals surface area (Å²) in [7, 11) is 1.85. The third-order valence-corrected chi connectivity index (χ3v) is 5.76. The Bertz CT molecular complexity index is 609. The van der Waals surface area contributed by atoms with E-state index in [2.05, 4.69) is 58.2 Å². The van der Waals surface area contributed by atoms with Crippen molar-refractivity contribution in [2.75, 3.05) is 46.4 Å². The predicted octanol–water partition coefficient (Wildman–Crippen LogP) is 2.48. The maximum Gasteiger partial charge on any atom is 0.194 e. The Labute approximate surface area is 169 Å². The van der Waals surface area contributed by atoms with Crippen LogP contribution in [0.2, 0.25) is 0 Å². The predicted molar refractivity (Wildman–Crippen MR) is 114 cm³/mol. The quantitative estimate of drug-likeness (QED) is 0.574. The van der Waals surface area contributed by atoms with Gasteiger partial charge in [-0.15, -0.1) is 0 Å². The average Bonchev–Trinajstić information content (AvgIpc) is 3.29. The minimum absolute atomic E-state index is 0.147. The molecule has 1 aromatic carbocycles. The number of morpholine rings is 1. The van der Waals surface area contributed by atoms with Crippen LogP contribution in [0.25, 0.3) is 0 Å². The molecule has 1 aromatic rings. The highest BCUT2D eigenvalue weighted by Gasteiger charge is 2.32. The molecule has 0 spiro atoms. The first-order chi connectivity index (χ1) is 13.7. The summed E-state index contributed by atoms with van der Waals surface area (Å²) >= 11 is 0. The molecule has 0 bridgehead atoms. The molecule has 6 heteroatoms. The number of guanidine groups is 1. The number of rotatable bonds is 7. The Hall–Kier alpha value is -1.63. The Morgan fingerprint density at radius 3 is 2.46 bits per heavy atom. The van der Waals surface area contributed by atoms with Crippen LogP contribution in [0.5, 0.6) is 0 Å². The monoisotopic (exact) mass is 388 g/mol. The van der Waals surface area contributed by atoms with Gasteiger partial charge in [-0.2, -0.15) is 0 Å². The van der Waals surface area contributed by atoms with E-state index in [-0.39, 0.29) is 12.2 Å². The lowest BCUT2D eigenvalue weighted by atomic mass is 10.1. The second-order valence-electron chi connectivity index (χ2n) is 7.59. The topological polar surface area (TPSA) is 49.3 Å². The van der Waals surface area contributed by atoms with E-state index < -0.39 is 0 Å².